The molecule has 0 amide bonds. The number of rotatable bonds is 2. The Morgan fingerprint density at radius 1 is 1.31 bits per heavy atom. The van der Waals surface area contributed by atoms with E-state index in [1.54, 1.807) is 6.20 Å². The van der Waals surface area contributed by atoms with Crippen LogP contribution in [0, 0.1) is 6.92 Å². The molecule has 1 aromatic heterocycles. The predicted molar refractivity (Wildman–Crippen MR) is 62.6 cm³/mol. The van der Waals surface area contributed by atoms with Crippen molar-refractivity contribution in [3.63, 3.8) is 0 Å². The molecular weight excluding hydrogens is 204 g/mol. The Hall–Kier alpha value is -1.16. The van der Waals surface area contributed by atoms with Gasteiger partial charge in [0, 0.05) is 24.7 Å². The van der Waals surface area contributed by atoms with Crippen LogP contribution in [0.5, 0.6) is 6.01 Å². The second-order valence-corrected chi connectivity index (χ2v) is 3.41. The maximum absolute atomic E-state index is 5.63. The standard InChI is InChI=1S/C10H14N2O2.C2H6/c1-8-2-5-11-10(12-8)14-9-3-6-13-7-4-9;1-2/h2,5,9H,3-4,6-7H2,1H3;1-2H3. The number of nitrogens with zero attached hydrogens (tertiary/aromatic N) is 2. The van der Waals surface area contributed by atoms with E-state index in [2.05, 4.69) is 9.97 Å². The van der Waals surface area contributed by atoms with Gasteiger partial charge in [-0.2, -0.15) is 0 Å². The van der Waals surface area contributed by atoms with Gasteiger partial charge in [-0.1, -0.05) is 13.8 Å². The molecule has 16 heavy (non-hydrogen) atoms. The van der Waals surface area contributed by atoms with Crippen LogP contribution < -0.4 is 4.74 Å². The number of hydrogen-bond acceptors (Lipinski definition) is 4. The quantitative estimate of drug-likeness (QED) is 0.773. The van der Waals surface area contributed by atoms with Crippen LogP contribution in [-0.4, -0.2) is 29.3 Å². The van der Waals surface area contributed by atoms with Crippen molar-refractivity contribution in [1.82, 2.24) is 9.97 Å². The molecule has 0 unspecified atom stereocenters. The second kappa shape index (κ2) is 7.17. The molecule has 2 heterocycles. The van der Waals surface area contributed by atoms with Gasteiger partial charge in [-0.3, -0.25) is 0 Å². The van der Waals surface area contributed by atoms with Crippen LogP contribution >= 0.6 is 0 Å². The molecule has 90 valence electrons. The number of aromatic nitrogens is 2. The fourth-order valence-corrected chi connectivity index (χ4v) is 1.43. The van der Waals surface area contributed by atoms with E-state index < -0.39 is 0 Å². The van der Waals surface area contributed by atoms with Crippen molar-refractivity contribution in [3.8, 4) is 6.01 Å². The third-order valence-electron chi connectivity index (χ3n) is 2.21. The largest absolute Gasteiger partial charge is 0.460 e. The van der Waals surface area contributed by atoms with Crippen LogP contribution in [0.15, 0.2) is 12.3 Å². The molecule has 1 aliphatic heterocycles. The predicted octanol–water partition coefficient (Wildman–Crippen LogP) is 2.37. The van der Waals surface area contributed by atoms with Crippen LogP contribution in [0.3, 0.4) is 0 Å². The number of ether oxygens (including phenoxy) is 2. The highest BCUT2D eigenvalue weighted by atomic mass is 16.5. The first-order valence-electron chi connectivity index (χ1n) is 5.88. The van der Waals surface area contributed by atoms with Gasteiger partial charge in [-0.15, -0.1) is 0 Å². The summed E-state index contributed by atoms with van der Waals surface area (Å²) in [6.07, 6.45) is 3.79. The fraction of sp³-hybridized carbons (Fsp3) is 0.667. The van der Waals surface area contributed by atoms with Crippen molar-refractivity contribution in [1.29, 1.82) is 0 Å². The van der Waals surface area contributed by atoms with Crippen molar-refractivity contribution < 1.29 is 9.47 Å². The number of hydrogen-bond donors (Lipinski definition) is 0. The highest BCUT2D eigenvalue weighted by Gasteiger charge is 2.16. The molecule has 0 aromatic carbocycles. The summed E-state index contributed by atoms with van der Waals surface area (Å²) in [5.74, 6) is 0. The summed E-state index contributed by atoms with van der Waals surface area (Å²) in [6, 6.07) is 2.34. The summed E-state index contributed by atoms with van der Waals surface area (Å²) in [7, 11) is 0. The highest BCUT2D eigenvalue weighted by Crippen LogP contribution is 2.13. The Kier molecular flexibility index (Phi) is 5.78. The van der Waals surface area contributed by atoms with Gasteiger partial charge in [0.15, 0.2) is 0 Å². The molecular formula is C12H20N2O2. The molecule has 1 fully saturated rings. The van der Waals surface area contributed by atoms with E-state index in [1.165, 1.54) is 0 Å². The zero-order chi connectivity index (χ0) is 11.8. The molecule has 0 atom stereocenters. The van der Waals surface area contributed by atoms with Gasteiger partial charge in [-0.25, -0.2) is 9.97 Å². The van der Waals surface area contributed by atoms with Crippen molar-refractivity contribution in [3.05, 3.63) is 18.0 Å². The van der Waals surface area contributed by atoms with E-state index in [-0.39, 0.29) is 6.10 Å². The van der Waals surface area contributed by atoms with E-state index in [1.807, 2.05) is 26.8 Å². The van der Waals surface area contributed by atoms with Crippen LogP contribution in [0.4, 0.5) is 0 Å². The minimum absolute atomic E-state index is 0.213. The molecule has 0 saturated carbocycles. The Morgan fingerprint density at radius 3 is 2.62 bits per heavy atom. The Labute approximate surface area is 97.0 Å². The molecule has 4 heteroatoms. The van der Waals surface area contributed by atoms with Crippen molar-refractivity contribution in [2.45, 2.75) is 39.7 Å². The van der Waals surface area contributed by atoms with E-state index in [4.69, 9.17) is 9.47 Å². The van der Waals surface area contributed by atoms with Crippen molar-refractivity contribution in [2.75, 3.05) is 13.2 Å². The van der Waals surface area contributed by atoms with Gasteiger partial charge in [0.2, 0.25) is 0 Å². The van der Waals surface area contributed by atoms with E-state index in [9.17, 15) is 0 Å². The molecule has 0 bridgehead atoms. The minimum Gasteiger partial charge on any atom is -0.460 e. The summed E-state index contributed by atoms with van der Waals surface area (Å²) in [6.45, 7) is 7.48. The molecule has 2 rings (SSSR count). The van der Waals surface area contributed by atoms with Gasteiger partial charge < -0.3 is 9.47 Å². The highest BCUT2D eigenvalue weighted by molar-refractivity contribution is 5.03. The average Bonchev–Trinajstić information content (AvgIpc) is 2.33. The monoisotopic (exact) mass is 224 g/mol. The van der Waals surface area contributed by atoms with Gasteiger partial charge >= 0.3 is 6.01 Å². The molecule has 0 radical (unpaired) electrons. The summed E-state index contributed by atoms with van der Waals surface area (Å²) >= 11 is 0. The number of aryl methyl sites for hydroxylation is 1. The summed E-state index contributed by atoms with van der Waals surface area (Å²) in [4.78, 5) is 8.25. The fourth-order valence-electron chi connectivity index (χ4n) is 1.43. The summed E-state index contributed by atoms with van der Waals surface area (Å²) < 4.78 is 10.9. The lowest BCUT2D eigenvalue weighted by Gasteiger charge is -2.21. The first kappa shape index (κ1) is 12.9. The van der Waals surface area contributed by atoms with Crippen LogP contribution in [0.2, 0.25) is 0 Å². The Bertz CT molecular complexity index is 299. The molecule has 0 spiro atoms. The lowest BCUT2D eigenvalue weighted by molar-refractivity contribution is 0.0216. The topological polar surface area (TPSA) is 44.2 Å². The first-order chi connectivity index (χ1) is 7.84. The summed E-state index contributed by atoms with van der Waals surface area (Å²) in [5, 5.41) is 0. The first-order valence-corrected chi connectivity index (χ1v) is 5.88. The van der Waals surface area contributed by atoms with Gasteiger partial charge in [-0.05, 0) is 13.0 Å². The Morgan fingerprint density at radius 2 is 2.00 bits per heavy atom. The summed E-state index contributed by atoms with van der Waals surface area (Å²) in [5.41, 5.74) is 0.932. The molecule has 0 aliphatic carbocycles. The van der Waals surface area contributed by atoms with Crippen molar-refractivity contribution in [2.24, 2.45) is 0 Å². The van der Waals surface area contributed by atoms with Crippen LogP contribution in [-0.2, 0) is 4.74 Å². The molecule has 1 saturated heterocycles. The lowest BCUT2D eigenvalue weighted by Crippen LogP contribution is -2.26. The van der Waals surface area contributed by atoms with E-state index in [0.717, 1.165) is 31.7 Å². The zero-order valence-corrected chi connectivity index (χ0v) is 10.3. The van der Waals surface area contributed by atoms with Gasteiger partial charge in [0.25, 0.3) is 0 Å². The maximum atomic E-state index is 5.63. The molecule has 1 aliphatic rings. The van der Waals surface area contributed by atoms with Crippen LogP contribution in [0.1, 0.15) is 32.4 Å². The third kappa shape index (κ3) is 4.14. The smallest absolute Gasteiger partial charge is 0.316 e. The van der Waals surface area contributed by atoms with Gasteiger partial charge in [0.05, 0.1) is 13.2 Å². The zero-order valence-electron chi connectivity index (χ0n) is 10.3. The lowest BCUT2D eigenvalue weighted by atomic mass is 10.2. The van der Waals surface area contributed by atoms with E-state index in [0.29, 0.717) is 6.01 Å². The SMILES string of the molecule is CC.Cc1ccnc(OC2CCOCC2)n1. The molecule has 1 aromatic rings. The van der Waals surface area contributed by atoms with E-state index >= 15 is 0 Å². The average molecular weight is 224 g/mol. The molecule has 4 nitrogen and oxygen atoms in total. The van der Waals surface area contributed by atoms with Gasteiger partial charge in [0.1, 0.15) is 6.10 Å². The minimum atomic E-state index is 0.213. The van der Waals surface area contributed by atoms with Crippen molar-refractivity contribution >= 4 is 0 Å². The molecule has 0 N–H and O–H groups in total. The van der Waals surface area contributed by atoms with Crippen LogP contribution in [0.25, 0.3) is 0 Å². The normalized spacial score (nSPS) is 16.2. The Balaban J connectivity index is 0.000000606. The third-order valence-corrected chi connectivity index (χ3v) is 2.21. The maximum Gasteiger partial charge on any atom is 0.316 e. The second-order valence-electron chi connectivity index (χ2n) is 3.41.